The van der Waals surface area contributed by atoms with Gasteiger partial charge in [0.25, 0.3) is 0 Å². The maximum atomic E-state index is 4.46. The zero-order chi connectivity index (χ0) is 17.1. The number of rotatable bonds is 5. The Kier molecular flexibility index (Phi) is 4.88. The predicted molar refractivity (Wildman–Crippen MR) is 98.2 cm³/mol. The minimum atomic E-state index is 0.694. The van der Waals surface area contributed by atoms with E-state index in [1.165, 1.54) is 23.2 Å². The third-order valence-corrected chi connectivity index (χ3v) is 5.00. The number of nitrogens with one attached hydrogen (secondary N) is 2. The molecule has 24 heavy (non-hydrogen) atoms. The smallest absolute Gasteiger partial charge is 0.191 e. The molecule has 5 heteroatoms. The topological polar surface area (TPSA) is 54.2 Å². The highest BCUT2D eigenvalue weighted by Gasteiger charge is 2.37. The molecule has 2 unspecified atom stereocenters. The Bertz CT molecular complexity index is 717. The lowest BCUT2D eigenvalue weighted by molar-refractivity contribution is 0.715. The highest BCUT2D eigenvalue weighted by molar-refractivity contribution is 5.79. The summed E-state index contributed by atoms with van der Waals surface area (Å²) >= 11 is 0. The quantitative estimate of drug-likeness (QED) is 0.656. The molecule has 2 N–H and O–H groups in total. The minimum absolute atomic E-state index is 0.694. The van der Waals surface area contributed by atoms with Crippen LogP contribution in [0.2, 0.25) is 0 Å². The molecule has 1 aliphatic carbocycles. The number of aliphatic imine (C=N–C) groups is 1. The average molecular weight is 325 g/mol. The fourth-order valence-corrected chi connectivity index (χ4v) is 3.28. The van der Waals surface area contributed by atoms with Crippen molar-refractivity contribution in [3.63, 3.8) is 0 Å². The van der Waals surface area contributed by atoms with Crippen molar-refractivity contribution < 1.29 is 0 Å². The van der Waals surface area contributed by atoms with Crippen LogP contribution in [0.15, 0.2) is 35.3 Å². The molecule has 5 nitrogen and oxygen atoms in total. The zero-order valence-corrected chi connectivity index (χ0v) is 15.0. The van der Waals surface area contributed by atoms with Crippen molar-refractivity contribution in [3.8, 4) is 0 Å². The maximum absolute atomic E-state index is 4.46. The number of aromatic nitrogens is 2. The van der Waals surface area contributed by atoms with Crippen molar-refractivity contribution in [2.24, 2.45) is 18.0 Å². The summed E-state index contributed by atoms with van der Waals surface area (Å²) in [5.74, 6) is 2.25. The number of hydrogen-bond donors (Lipinski definition) is 2. The van der Waals surface area contributed by atoms with Gasteiger partial charge in [0.15, 0.2) is 5.96 Å². The summed E-state index contributed by atoms with van der Waals surface area (Å²) in [6.45, 7) is 5.86. The fraction of sp³-hybridized carbons (Fsp3) is 0.474. The van der Waals surface area contributed by atoms with Crippen molar-refractivity contribution in [1.29, 1.82) is 0 Å². The van der Waals surface area contributed by atoms with Gasteiger partial charge < -0.3 is 10.6 Å². The molecule has 0 aliphatic heterocycles. The molecule has 1 aromatic heterocycles. The first kappa shape index (κ1) is 16.6. The molecular weight excluding hydrogens is 298 g/mol. The van der Waals surface area contributed by atoms with Crippen molar-refractivity contribution >= 4 is 5.96 Å². The van der Waals surface area contributed by atoms with Crippen LogP contribution in [-0.4, -0.2) is 29.3 Å². The summed E-state index contributed by atoms with van der Waals surface area (Å²) in [7, 11) is 3.80. The first-order valence-corrected chi connectivity index (χ1v) is 8.58. The lowest BCUT2D eigenvalue weighted by Gasteiger charge is -2.12. The summed E-state index contributed by atoms with van der Waals surface area (Å²) in [6, 6.07) is 10.8. The molecule has 0 bridgehead atoms. The first-order chi connectivity index (χ1) is 11.6. The van der Waals surface area contributed by atoms with E-state index < -0.39 is 0 Å². The largest absolute Gasteiger partial charge is 0.356 e. The minimum Gasteiger partial charge on any atom is -0.356 e. The van der Waals surface area contributed by atoms with E-state index in [0.717, 1.165) is 24.7 Å². The van der Waals surface area contributed by atoms with Crippen LogP contribution in [0, 0.1) is 19.8 Å². The van der Waals surface area contributed by atoms with Gasteiger partial charge in [-0.05, 0) is 37.7 Å². The monoisotopic (exact) mass is 325 g/mol. The van der Waals surface area contributed by atoms with Crippen molar-refractivity contribution in [2.45, 2.75) is 32.7 Å². The number of hydrogen-bond acceptors (Lipinski definition) is 2. The molecule has 0 radical (unpaired) electrons. The van der Waals surface area contributed by atoms with Gasteiger partial charge in [-0.15, -0.1) is 0 Å². The fourth-order valence-electron chi connectivity index (χ4n) is 3.28. The molecular formula is C19H27N5. The standard InChI is InChI=1S/C19H27N5/c1-13-18(14(2)24(4)23-13)12-22-19(20-3)21-11-16-10-17(16)15-8-6-5-7-9-15/h5-9,16-17H,10-12H2,1-4H3,(H2,20,21,22). The molecule has 1 fully saturated rings. The van der Waals surface area contributed by atoms with Crippen LogP contribution < -0.4 is 10.6 Å². The van der Waals surface area contributed by atoms with Crippen LogP contribution >= 0.6 is 0 Å². The van der Waals surface area contributed by atoms with E-state index in [2.05, 4.69) is 64.9 Å². The summed E-state index contributed by atoms with van der Waals surface area (Å²) in [6.07, 6.45) is 1.26. The Morgan fingerprint density at radius 2 is 2.00 bits per heavy atom. The Hall–Kier alpha value is -2.30. The molecule has 1 heterocycles. The van der Waals surface area contributed by atoms with E-state index in [1.807, 2.05) is 18.8 Å². The van der Waals surface area contributed by atoms with Gasteiger partial charge in [-0.25, -0.2) is 0 Å². The number of guanidine groups is 1. The van der Waals surface area contributed by atoms with Crippen LogP contribution in [0.25, 0.3) is 0 Å². The van der Waals surface area contributed by atoms with Crippen LogP contribution in [0.1, 0.15) is 34.9 Å². The molecule has 3 rings (SSSR count). The second kappa shape index (κ2) is 7.07. The number of benzene rings is 1. The van der Waals surface area contributed by atoms with Gasteiger partial charge >= 0.3 is 0 Å². The third-order valence-electron chi connectivity index (χ3n) is 5.00. The van der Waals surface area contributed by atoms with Gasteiger partial charge in [0.05, 0.1) is 5.69 Å². The van der Waals surface area contributed by atoms with E-state index in [-0.39, 0.29) is 0 Å². The van der Waals surface area contributed by atoms with E-state index in [1.54, 1.807) is 0 Å². The molecule has 1 aliphatic rings. The summed E-state index contributed by atoms with van der Waals surface area (Å²) in [5.41, 5.74) is 4.97. The van der Waals surface area contributed by atoms with Gasteiger partial charge in [0.2, 0.25) is 0 Å². The maximum Gasteiger partial charge on any atom is 0.191 e. The predicted octanol–water partition coefficient (Wildman–Crippen LogP) is 2.51. The number of aryl methyl sites for hydroxylation is 2. The Balaban J connectivity index is 1.48. The van der Waals surface area contributed by atoms with Gasteiger partial charge in [0, 0.05) is 38.4 Å². The molecule has 2 atom stereocenters. The highest BCUT2D eigenvalue weighted by atomic mass is 15.3. The van der Waals surface area contributed by atoms with Crippen LogP contribution in [0.4, 0.5) is 0 Å². The summed E-state index contributed by atoms with van der Waals surface area (Å²) < 4.78 is 1.93. The molecule has 1 saturated carbocycles. The lowest BCUT2D eigenvalue weighted by atomic mass is 10.1. The summed E-state index contributed by atoms with van der Waals surface area (Å²) in [4.78, 5) is 4.33. The van der Waals surface area contributed by atoms with E-state index in [4.69, 9.17) is 0 Å². The average Bonchev–Trinajstić information content (AvgIpc) is 3.33. The highest BCUT2D eigenvalue weighted by Crippen LogP contribution is 2.46. The Labute approximate surface area is 144 Å². The SMILES string of the molecule is CN=C(NCc1c(C)nn(C)c1C)NCC1CC1c1ccccc1. The van der Waals surface area contributed by atoms with E-state index >= 15 is 0 Å². The van der Waals surface area contributed by atoms with Crippen molar-refractivity contribution in [3.05, 3.63) is 52.8 Å². The van der Waals surface area contributed by atoms with E-state index in [0.29, 0.717) is 11.8 Å². The van der Waals surface area contributed by atoms with Crippen LogP contribution in [0.5, 0.6) is 0 Å². The zero-order valence-electron chi connectivity index (χ0n) is 15.0. The van der Waals surface area contributed by atoms with Crippen LogP contribution in [-0.2, 0) is 13.6 Å². The van der Waals surface area contributed by atoms with E-state index in [9.17, 15) is 0 Å². The summed E-state index contributed by atoms with van der Waals surface area (Å²) in [5, 5.41) is 11.3. The first-order valence-electron chi connectivity index (χ1n) is 8.58. The second-order valence-electron chi connectivity index (χ2n) is 6.59. The normalized spacial score (nSPS) is 20.1. The van der Waals surface area contributed by atoms with Crippen molar-refractivity contribution in [1.82, 2.24) is 20.4 Å². The third kappa shape index (κ3) is 3.61. The molecule has 0 amide bonds. The van der Waals surface area contributed by atoms with Gasteiger partial charge in [-0.2, -0.15) is 5.10 Å². The Morgan fingerprint density at radius 3 is 2.62 bits per heavy atom. The molecule has 0 spiro atoms. The molecule has 128 valence electrons. The molecule has 1 aromatic carbocycles. The second-order valence-corrected chi connectivity index (χ2v) is 6.59. The number of nitrogens with zero attached hydrogens (tertiary/aromatic N) is 3. The molecule has 2 aromatic rings. The van der Waals surface area contributed by atoms with Crippen molar-refractivity contribution in [2.75, 3.05) is 13.6 Å². The van der Waals surface area contributed by atoms with Gasteiger partial charge in [0.1, 0.15) is 0 Å². The molecule has 0 saturated heterocycles. The van der Waals surface area contributed by atoms with Gasteiger partial charge in [-0.1, -0.05) is 30.3 Å². The van der Waals surface area contributed by atoms with Crippen LogP contribution in [0.3, 0.4) is 0 Å². The lowest BCUT2D eigenvalue weighted by Crippen LogP contribution is -2.38. The Morgan fingerprint density at radius 1 is 1.25 bits per heavy atom. The van der Waals surface area contributed by atoms with Gasteiger partial charge in [-0.3, -0.25) is 9.67 Å².